The van der Waals surface area contributed by atoms with Crippen molar-refractivity contribution in [2.75, 3.05) is 0 Å². The predicted molar refractivity (Wildman–Crippen MR) is 57.1 cm³/mol. The number of rotatable bonds is 2. The molecule has 0 amide bonds. The molecule has 0 fully saturated rings. The van der Waals surface area contributed by atoms with E-state index >= 15 is 0 Å². The molecule has 7 heteroatoms. The molecular formula is C9H6Cl3F3O. The van der Waals surface area contributed by atoms with Crippen molar-refractivity contribution in [2.45, 2.75) is 16.6 Å². The van der Waals surface area contributed by atoms with Gasteiger partial charge in [-0.05, 0) is 17.7 Å². The Balaban J connectivity index is 2.69. The lowest BCUT2D eigenvalue weighted by molar-refractivity contribution is -0.274. The van der Waals surface area contributed by atoms with Crippen LogP contribution in [0.25, 0.3) is 0 Å². The first-order valence-corrected chi connectivity index (χ1v) is 5.20. The van der Waals surface area contributed by atoms with E-state index in [1.165, 1.54) is 24.3 Å². The van der Waals surface area contributed by atoms with Crippen LogP contribution in [0.2, 0.25) is 0 Å². The zero-order valence-electron chi connectivity index (χ0n) is 7.69. The van der Waals surface area contributed by atoms with Crippen molar-refractivity contribution < 1.29 is 17.9 Å². The highest BCUT2D eigenvalue weighted by atomic mass is 35.6. The molecule has 90 valence electrons. The van der Waals surface area contributed by atoms with E-state index in [4.69, 9.17) is 34.8 Å². The van der Waals surface area contributed by atoms with Gasteiger partial charge in [-0.3, -0.25) is 0 Å². The van der Waals surface area contributed by atoms with Crippen molar-refractivity contribution in [3.05, 3.63) is 29.8 Å². The van der Waals surface area contributed by atoms with Crippen LogP contribution in [0.3, 0.4) is 0 Å². The molecule has 0 saturated carbocycles. The van der Waals surface area contributed by atoms with Crippen LogP contribution in [0.15, 0.2) is 24.3 Å². The first kappa shape index (κ1) is 13.7. The molecule has 16 heavy (non-hydrogen) atoms. The Labute approximate surface area is 105 Å². The lowest BCUT2D eigenvalue weighted by Crippen LogP contribution is -2.17. The number of ether oxygens (including phenoxy) is 1. The summed E-state index contributed by atoms with van der Waals surface area (Å²) in [6.45, 7) is 0. The molecule has 0 radical (unpaired) electrons. The molecule has 0 unspecified atom stereocenters. The first-order chi connectivity index (χ1) is 7.16. The Kier molecular flexibility index (Phi) is 4.21. The van der Waals surface area contributed by atoms with Crippen LogP contribution >= 0.6 is 34.8 Å². The Morgan fingerprint density at radius 1 is 1.00 bits per heavy atom. The van der Waals surface area contributed by atoms with Crippen LogP contribution in [-0.2, 0) is 6.42 Å². The third-order valence-electron chi connectivity index (χ3n) is 1.56. The summed E-state index contributed by atoms with van der Waals surface area (Å²) < 4.78 is 37.7. The van der Waals surface area contributed by atoms with Gasteiger partial charge in [0.2, 0.25) is 0 Å². The van der Waals surface area contributed by atoms with E-state index in [1.807, 2.05) is 0 Å². The molecule has 0 aliphatic rings. The van der Waals surface area contributed by atoms with Crippen LogP contribution in [0, 0.1) is 0 Å². The van der Waals surface area contributed by atoms with Gasteiger partial charge in [0.1, 0.15) is 5.75 Å². The second kappa shape index (κ2) is 4.90. The average molecular weight is 293 g/mol. The van der Waals surface area contributed by atoms with Gasteiger partial charge >= 0.3 is 6.36 Å². The molecule has 1 rings (SSSR count). The molecule has 0 N–H and O–H groups in total. The molecule has 0 spiro atoms. The van der Waals surface area contributed by atoms with Gasteiger partial charge in [-0.1, -0.05) is 46.9 Å². The third-order valence-corrected chi connectivity index (χ3v) is 1.96. The maximum atomic E-state index is 11.8. The summed E-state index contributed by atoms with van der Waals surface area (Å²) in [5.74, 6) is -0.305. The van der Waals surface area contributed by atoms with E-state index in [9.17, 15) is 13.2 Å². The van der Waals surface area contributed by atoms with Crippen molar-refractivity contribution in [2.24, 2.45) is 0 Å². The summed E-state index contributed by atoms with van der Waals surface area (Å²) in [6.07, 6.45) is -4.58. The Morgan fingerprint density at radius 2 is 1.50 bits per heavy atom. The number of benzene rings is 1. The van der Waals surface area contributed by atoms with Crippen LogP contribution in [0.1, 0.15) is 5.56 Å². The Hall–Kier alpha value is -0.320. The van der Waals surface area contributed by atoms with Gasteiger partial charge in [0.05, 0.1) is 0 Å². The highest BCUT2D eigenvalue weighted by Crippen LogP contribution is 2.31. The fourth-order valence-corrected chi connectivity index (χ4v) is 1.50. The summed E-state index contributed by atoms with van der Waals surface area (Å²) in [4.78, 5) is 0. The molecule has 0 aliphatic carbocycles. The van der Waals surface area contributed by atoms with Crippen LogP contribution in [-0.4, -0.2) is 10.2 Å². The van der Waals surface area contributed by atoms with E-state index < -0.39 is 10.2 Å². The molecule has 1 aromatic carbocycles. The second-order valence-corrected chi connectivity index (χ2v) is 5.50. The number of halogens is 6. The highest BCUT2D eigenvalue weighted by molar-refractivity contribution is 6.67. The zero-order valence-corrected chi connectivity index (χ0v) is 9.96. The topological polar surface area (TPSA) is 9.23 Å². The number of hydrogen-bond donors (Lipinski definition) is 0. The van der Waals surface area contributed by atoms with Crippen molar-refractivity contribution in [3.63, 3.8) is 0 Å². The van der Waals surface area contributed by atoms with Gasteiger partial charge in [0, 0.05) is 6.42 Å². The van der Waals surface area contributed by atoms with E-state index in [0.717, 1.165) is 0 Å². The monoisotopic (exact) mass is 292 g/mol. The van der Waals surface area contributed by atoms with Crippen LogP contribution in [0.5, 0.6) is 5.75 Å². The van der Waals surface area contributed by atoms with Crippen molar-refractivity contribution in [1.82, 2.24) is 0 Å². The fourth-order valence-electron chi connectivity index (χ4n) is 1.04. The summed E-state index contributed by atoms with van der Waals surface area (Å²) in [5.41, 5.74) is 0.606. The smallest absolute Gasteiger partial charge is 0.406 e. The fraction of sp³-hybridized carbons (Fsp3) is 0.333. The molecule has 1 nitrogen and oxygen atoms in total. The summed E-state index contributed by atoms with van der Waals surface area (Å²) in [7, 11) is 0. The van der Waals surface area contributed by atoms with Crippen LogP contribution < -0.4 is 4.74 Å². The van der Waals surface area contributed by atoms with Gasteiger partial charge in [-0.15, -0.1) is 13.2 Å². The van der Waals surface area contributed by atoms with Crippen LogP contribution in [0.4, 0.5) is 13.2 Å². The molecule has 0 aliphatic heterocycles. The predicted octanol–water partition coefficient (Wildman–Crippen LogP) is 4.50. The quantitative estimate of drug-likeness (QED) is 0.730. The standard InChI is InChI=1S/C9H6Cl3F3O/c10-8(11,12)5-6-1-3-7(4-2-6)16-9(13,14)15/h1-4H,5H2. The van der Waals surface area contributed by atoms with Gasteiger partial charge < -0.3 is 4.74 Å². The van der Waals surface area contributed by atoms with Crippen molar-refractivity contribution >= 4 is 34.8 Å². The third kappa shape index (κ3) is 5.68. The van der Waals surface area contributed by atoms with E-state index in [0.29, 0.717) is 5.56 Å². The number of alkyl halides is 6. The van der Waals surface area contributed by atoms with Crippen molar-refractivity contribution in [1.29, 1.82) is 0 Å². The van der Waals surface area contributed by atoms with Crippen molar-refractivity contribution in [3.8, 4) is 5.75 Å². The largest absolute Gasteiger partial charge is 0.573 e. The normalized spacial score (nSPS) is 12.6. The summed E-state index contributed by atoms with van der Waals surface area (Å²) in [6, 6.07) is 5.14. The van der Waals surface area contributed by atoms with Gasteiger partial charge in [-0.2, -0.15) is 0 Å². The molecule has 0 bridgehead atoms. The Morgan fingerprint density at radius 3 is 1.88 bits per heavy atom. The SMILES string of the molecule is FC(F)(F)Oc1ccc(CC(Cl)(Cl)Cl)cc1. The molecule has 0 saturated heterocycles. The lowest BCUT2D eigenvalue weighted by atomic mass is 10.2. The molecule has 0 aromatic heterocycles. The molecule has 0 atom stereocenters. The maximum Gasteiger partial charge on any atom is 0.573 e. The van der Waals surface area contributed by atoms with Gasteiger partial charge in [0.25, 0.3) is 0 Å². The summed E-state index contributed by atoms with van der Waals surface area (Å²) in [5, 5.41) is 0. The Bertz CT molecular complexity index is 308. The molecule has 1 aromatic rings. The van der Waals surface area contributed by atoms with E-state index in [-0.39, 0.29) is 12.2 Å². The second-order valence-electron chi connectivity index (χ2n) is 2.98. The lowest BCUT2D eigenvalue weighted by Gasteiger charge is -2.12. The zero-order chi connectivity index (χ0) is 12.4. The first-order valence-electron chi connectivity index (χ1n) is 4.07. The summed E-state index contributed by atoms with van der Waals surface area (Å²) >= 11 is 16.6. The highest BCUT2D eigenvalue weighted by Gasteiger charge is 2.31. The van der Waals surface area contributed by atoms with E-state index in [1.54, 1.807) is 0 Å². The van der Waals surface area contributed by atoms with Gasteiger partial charge in [0.15, 0.2) is 3.79 Å². The van der Waals surface area contributed by atoms with Gasteiger partial charge in [-0.25, -0.2) is 0 Å². The number of hydrogen-bond acceptors (Lipinski definition) is 1. The average Bonchev–Trinajstić information content (AvgIpc) is 2.03. The molecular weight excluding hydrogens is 287 g/mol. The minimum Gasteiger partial charge on any atom is -0.406 e. The minimum atomic E-state index is -4.70. The van der Waals surface area contributed by atoms with E-state index in [2.05, 4.69) is 4.74 Å². The molecule has 0 heterocycles. The minimum absolute atomic E-state index is 0.115. The maximum absolute atomic E-state index is 11.8.